The Balaban J connectivity index is 1.85. The smallest absolute Gasteiger partial charge is 0.416 e. The molecule has 162 valence electrons. The van der Waals surface area contributed by atoms with Crippen LogP contribution in [0.15, 0.2) is 64.6 Å². The van der Waals surface area contributed by atoms with E-state index in [1.165, 1.54) is 36.4 Å². The Morgan fingerprint density at radius 2 is 1.94 bits per heavy atom. The van der Waals surface area contributed by atoms with Crippen LogP contribution in [0, 0.1) is 21.4 Å². The number of nitro benzene ring substituents is 1. The van der Waals surface area contributed by atoms with E-state index < -0.39 is 28.1 Å². The number of nitriles is 1. The number of rotatable bonds is 5. The number of nitro groups is 1. The number of hydrogen-bond donors (Lipinski definition) is 1. The number of benzene rings is 2. The van der Waals surface area contributed by atoms with E-state index in [9.17, 15) is 33.3 Å². The molecule has 0 aliphatic heterocycles. The first-order valence-electron chi connectivity index (χ1n) is 8.73. The van der Waals surface area contributed by atoms with Gasteiger partial charge in [-0.25, -0.2) is 0 Å². The van der Waals surface area contributed by atoms with Crippen LogP contribution >= 0.6 is 11.6 Å². The van der Waals surface area contributed by atoms with Crippen molar-refractivity contribution in [1.29, 1.82) is 5.26 Å². The largest absolute Gasteiger partial charge is 0.457 e. The Hall–Kier alpha value is -4.10. The van der Waals surface area contributed by atoms with Crippen molar-refractivity contribution in [2.45, 2.75) is 6.18 Å². The molecule has 0 fully saturated rings. The molecule has 32 heavy (non-hydrogen) atoms. The second kappa shape index (κ2) is 8.95. The molecule has 0 atom stereocenters. The van der Waals surface area contributed by atoms with Crippen molar-refractivity contribution in [3.8, 4) is 17.4 Å². The lowest BCUT2D eigenvalue weighted by Gasteiger charge is -2.09. The Morgan fingerprint density at radius 3 is 2.59 bits per heavy atom. The van der Waals surface area contributed by atoms with Crippen LogP contribution in [0.4, 0.5) is 24.5 Å². The molecular formula is C21H11ClF3N3O4. The van der Waals surface area contributed by atoms with Crippen molar-refractivity contribution in [1.82, 2.24) is 0 Å². The van der Waals surface area contributed by atoms with Crippen molar-refractivity contribution in [2.75, 3.05) is 5.32 Å². The van der Waals surface area contributed by atoms with E-state index in [-0.39, 0.29) is 33.5 Å². The van der Waals surface area contributed by atoms with Crippen LogP contribution in [-0.2, 0) is 11.0 Å². The predicted molar refractivity (Wildman–Crippen MR) is 109 cm³/mol. The van der Waals surface area contributed by atoms with Gasteiger partial charge in [0.25, 0.3) is 11.6 Å². The molecule has 0 bridgehead atoms. The van der Waals surface area contributed by atoms with Gasteiger partial charge in [0.05, 0.1) is 15.5 Å². The molecule has 0 saturated heterocycles. The van der Waals surface area contributed by atoms with E-state index in [4.69, 9.17) is 16.0 Å². The van der Waals surface area contributed by atoms with Crippen LogP contribution in [0.2, 0.25) is 5.02 Å². The van der Waals surface area contributed by atoms with E-state index >= 15 is 0 Å². The number of furan rings is 1. The zero-order chi connectivity index (χ0) is 23.5. The zero-order valence-corrected chi connectivity index (χ0v) is 16.6. The van der Waals surface area contributed by atoms with Gasteiger partial charge in [-0.2, -0.15) is 18.4 Å². The van der Waals surface area contributed by atoms with Crippen LogP contribution in [0.5, 0.6) is 0 Å². The second-order valence-electron chi connectivity index (χ2n) is 6.33. The highest BCUT2D eigenvalue weighted by Crippen LogP contribution is 2.33. The minimum absolute atomic E-state index is 0.0540. The summed E-state index contributed by atoms with van der Waals surface area (Å²) in [7, 11) is 0. The van der Waals surface area contributed by atoms with Crippen LogP contribution in [-0.4, -0.2) is 10.8 Å². The minimum atomic E-state index is -4.59. The molecule has 0 aliphatic carbocycles. The summed E-state index contributed by atoms with van der Waals surface area (Å²) in [6, 6.07) is 12.2. The number of alkyl halides is 3. The lowest BCUT2D eigenvalue weighted by Crippen LogP contribution is -2.14. The molecule has 3 rings (SSSR count). The molecule has 3 aromatic rings. The summed E-state index contributed by atoms with van der Waals surface area (Å²) in [5.41, 5.74) is -1.52. The summed E-state index contributed by atoms with van der Waals surface area (Å²) in [6.45, 7) is 0. The van der Waals surface area contributed by atoms with Crippen molar-refractivity contribution < 1.29 is 27.3 Å². The fourth-order valence-corrected chi connectivity index (χ4v) is 2.86. The Morgan fingerprint density at radius 1 is 1.19 bits per heavy atom. The molecule has 1 N–H and O–H groups in total. The molecular weight excluding hydrogens is 451 g/mol. The van der Waals surface area contributed by atoms with Crippen molar-refractivity contribution in [3.05, 3.63) is 86.6 Å². The van der Waals surface area contributed by atoms with Gasteiger partial charge in [-0.05, 0) is 36.4 Å². The van der Waals surface area contributed by atoms with Gasteiger partial charge in [0.15, 0.2) is 0 Å². The van der Waals surface area contributed by atoms with Crippen LogP contribution < -0.4 is 5.32 Å². The maximum atomic E-state index is 12.8. The lowest BCUT2D eigenvalue weighted by molar-refractivity contribution is -0.384. The van der Waals surface area contributed by atoms with Crippen LogP contribution in [0.25, 0.3) is 17.4 Å². The number of non-ortho nitro benzene ring substituents is 1. The minimum Gasteiger partial charge on any atom is -0.457 e. The predicted octanol–water partition coefficient (Wildman–Crippen LogP) is 6.07. The van der Waals surface area contributed by atoms with Crippen molar-refractivity contribution >= 4 is 35.0 Å². The highest BCUT2D eigenvalue weighted by atomic mass is 35.5. The van der Waals surface area contributed by atoms with Gasteiger partial charge >= 0.3 is 6.18 Å². The number of hydrogen-bond acceptors (Lipinski definition) is 5. The molecule has 0 radical (unpaired) electrons. The highest BCUT2D eigenvalue weighted by molar-refractivity contribution is 6.33. The van der Waals surface area contributed by atoms with Gasteiger partial charge in [-0.15, -0.1) is 0 Å². The van der Waals surface area contributed by atoms with Gasteiger partial charge in [-0.1, -0.05) is 17.7 Å². The standard InChI is InChI=1S/C21H11ClF3N3O4/c22-18-6-4-15(28(30)31)10-17(18)19-7-5-16(32-19)8-12(11-26)20(29)27-14-3-1-2-13(9-14)21(23,24)25/h1-10H,(H,27,29)/b12-8-. The average molecular weight is 462 g/mol. The van der Waals surface area contributed by atoms with Gasteiger partial charge in [0.1, 0.15) is 23.2 Å². The quantitative estimate of drug-likeness (QED) is 0.214. The molecule has 2 aromatic carbocycles. The number of halogens is 4. The maximum Gasteiger partial charge on any atom is 0.416 e. The Labute approximate surface area is 183 Å². The second-order valence-corrected chi connectivity index (χ2v) is 6.73. The highest BCUT2D eigenvalue weighted by Gasteiger charge is 2.30. The normalized spacial score (nSPS) is 11.7. The zero-order valence-electron chi connectivity index (χ0n) is 15.8. The summed E-state index contributed by atoms with van der Waals surface area (Å²) >= 11 is 6.07. The summed E-state index contributed by atoms with van der Waals surface area (Å²) in [4.78, 5) is 22.7. The first-order valence-corrected chi connectivity index (χ1v) is 9.11. The monoisotopic (exact) mass is 461 g/mol. The molecule has 1 aromatic heterocycles. The third kappa shape index (κ3) is 5.14. The van der Waals surface area contributed by atoms with Crippen LogP contribution in [0.1, 0.15) is 11.3 Å². The number of amides is 1. The summed E-state index contributed by atoms with van der Waals surface area (Å²) < 4.78 is 44.0. The SMILES string of the molecule is N#C/C(=C/c1ccc(-c2cc([N+](=O)[O-])ccc2Cl)o1)C(=O)Nc1cccc(C(F)(F)F)c1. The molecule has 0 aliphatic rings. The lowest BCUT2D eigenvalue weighted by atomic mass is 10.1. The summed E-state index contributed by atoms with van der Waals surface area (Å²) in [5.74, 6) is -0.739. The molecule has 1 heterocycles. The Kier molecular flexibility index (Phi) is 6.32. The summed E-state index contributed by atoms with van der Waals surface area (Å²) in [5, 5.41) is 22.7. The number of carbonyl (C=O) groups excluding carboxylic acids is 1. The molecule has 11 heteroatoms. The third-order valence-electron chi connectivity index (χ3n) is 4.15. The summed E-state index contributed by atoms with van der Waals surface area (Å²) in [6.07, 6.45) is -3.51. The van der Waals surface area contributed by atoms with Gasteiger partial charge in [0, 0.05) is 29.5 Å². The number of nitrogens with one attached hydrogen (secondary N) is 1. The van der Waals surface area contributed by atoms with Crippen LogP contribution in [0.3, 0.4) is 0 Å². The first kappa shape index (κ1) is 22.6. The third-order valence-corrected chi connectivity index (χ3v) is 4.48. The van der Waals surface area contributed by atoms with Gasteiger partial charge < -0.3 is 9.73 Å². The van der Waals surface area contributed by atoms with E-state index in [1.54, 1.807) is 6.07 Å². The fourth-order valence-electron chi connectivity index (χ4n) is 2.65. The van der Waals surface area contributed by atoms with E-state index in [2.05, 4.69) is 5.32 Å². The van der Waals surface area contributed by atoms with E-state index in [0.29, 0.717) is 0 Å². The molecule has 0 saturated carbocycles. The topological polar surface area (TPSA) is 109 Å². The first-order chi connectivity index (χ1) is 15.1. The van der Waals surface area contributed by atoms with Gasteiger partial charge in [-0.3, -0.25) is 14.9 Å². The Bertz CT molecular complexity index is 1280. The fraction of sp³-hybridized carbons (Fsp3) is 0.0476. The molecule has 7 nitrogen and oxygen atoms in total. The molecule has 0 spiro atoms. The van der Waals surface area contributed by atoms with E-state index in [1.807, 2.05) is 0 Å². The number of anilines is 1. The number of carbonyl (C=O) groups is 1. The van der Waals surface area contributed by atoms with Crippen molar-refractivity contribution in [2.24, 2.45) is 0 Å². The van der Waals surface area contributed by atoms with Crippen molar-refractivity contribution in [3.63, 3.8) is 0 Å². The van der Waals surface area contributed by atoms with E-state index in [0.717, 1.165) is 24.3 Å². The molecule has 0 unspecified atom stereocenters. The number of nitrogens with zero attached hydrogens (tertiary/aromatic N) is 2. The molecule has 1 amide bonds. The maximum absolute atomic E-state index is 12.8. The van der Waals surface area contributed by atoms with Gasteiger partial charge in [0.2, 0.25) is 0 Å². The average Bonchev–Trinajstić information content (AvgIpc) is 3.20.